The number of hydrogen-bond donors (Lipinski definition) is 2. The third kappa shape index (κ3) is 3.70. The van der Waals surface area contributed by atoms with Crippen molar-refractivity contribution in [2.75, 3.05) is 20.3 Å². The Bertz CT molecular complexity index is 878. The molecule has 0 saturated carbocycles. The number of nitrogens with zero attached hydrogens (tertiary/aromatic N) is 2. The number of fused-ring (bicyclic) bond motifs is 1. The first-order chi connectivity index (χ1) is 13.5. The van der Waals surface area contributed by atoms with Gasteiger partial charge in [-0.15, -0.1) is 0 Å². The van der Waals surface area contributed by atoms with Gasteiger partial charge in [-0.3, -0.25) is 4.79 Å². The molecule has 4 rings (SSSR count). The van der Waals surface area contributed by atoms with Crippen molar-refractivity contribution in [2.24, 2.45) is 4.99 Å². The van der Waals surface area contributed by atoms with Gasteiger partial charge in [0, 0.05) is 44.1 Å². The van der Waals surface area contributed by atoms with E-state index in [9.17, 15) is 13.6 Å². The Morgan fingerprint density at radius 1 is 1.32 bits per heavy atom. The zero-order valence-corrected chi connectivity index (χ0v) is 15.2. The van der Waals surface area contributed by atoms with Crippen molar-refractivity contribution in [1.29, 1.82) is 0 Å². The largest absolute Gasteiger partial charge is 0.448 e. The summed E-state index contributed by atoms with van der Waals surface area (Å²) < 4.78 is 37.7. The third-order valence-corrected chi connectivity index (χ3v) is 4.80. The van der Waals surface area contributed by atoms with E-state index in [0.717, 1.165) is 25.0 Å². The molecule has 148 valence electrons. The Hall–Kier alpha value is -2.94. The highest BCUT2D eigenvalue weighted by Gasteiger charge is 2.34. The maximum Gasteiger partial charge on any atom is 0.291 e. The van der Waals surface area contributed by atoms with Crippen LogP contribution in [0.4, 0.5) is 8.78 Å². The molecule has 0 aromatic heterocycles. The highest BCUT2D eigenvalue weighted by Crippen LogP contribution is 2.27. The molecule has 0 spiro atoms. The molecule has 7 nitrogen and oxygen atoms in total. The molecule has 2 N–H and O–H groups in total. The van der Waals surface area contributed by atoms with Crippen LogP contribution in [0, 0.1) is 11.6 Å². The predicted molar refractivity (Wildman–Crippen MR) is 97.3 cm³/mol. The monoisotopic (exact) mass is 390 g/mol. The third-order valence-electron chi connectivity index (χ3n) is 4.80. The van der Waals surface area contributed by atoms with Crippen molar-refractivity contribution in [3.05, 3.63) is 53.4 Å². The van der Waals surface area contributed by atoms with E-state index in [4.69, 9.17) is 9.47 Å². The smallest absolute Gasteiger partial charge is 0.291 e. The van der Waals surface area contributed by atoms with Crippen LogP contribution in [0.5, 0.6) is 5.75 Å². The number of carbonyl (C=O) groups excluding carboxylic acids is 1. The van der Waals surface area contributed by atoms with Crippen molar-refractivity contribution >= 4 is 11.9 Å². The van der Waals surface area contributed by atoms with Crippen LogP contribution in [-0.2, 0) is 9.53 Å². The molecule has 1 saturated heterocycles. The fourth-order valence-corrected chi connectivity index (χ4v) is 3.25. The number of halogens is 2. The topological polar surface area (TPSA) is 75.2 Å². The average Bonchev–Trinajstić information content (AvgIpc) is 2.69. The zero-order chi connectivity index (χ0) is 19.7. The highest BCUT2D eigenvalue weighted by molar-refractivity contribution is 5.95. The van der Waals surface area contributed by atoms with Gasteiger partial charge in [0.25, 0.3) is 5.91 Å². The van der Waals surface area contributed by atoms with Crippen LogP contribution in [0.3, 0.4) is 0 Å². The van der Waals surface area contributed by atoms with E-state index in [0.29, 0.717) is 30.8 Å². The van der Waals surface area contributed by atoms with Gasteiger partial charge in [-0.25, -0.2) is 13.8 Å². The van der Waals surface area contributed by atoms with Gasteiger partial charge in [-0.05, 0) is 31.1 Å². The molecule has 1 aromatic carbocycles. The number of rotatable bonds is 3. The maximum absolute atomic E-state index is 13.9. The summed E-state index contributed by atoms with van der Waals surface area (Å²) in [6.07, 6.45) is 4.50. The Morgan fingerprint density at radius 2 is 2.11 bits per heavy atom. The number of guanidine groups is 1. The van der Waals surface area contributed by atoms with Gasteiger partial charge in [0.05, 0.1) is 0 Å². The molecular formula is C19H20F2N4O3. The quantitative estimate of drug-likeness (QED) is 0.821. The molecule has 1 atom stereocenters. The number of ether oxygens (including phenoxy) is 2. The summed E-state index contributed by atoms with van der Waals surface area (Å²) in [5.41, 5.74) is 0.692. The van der Waals surface area contributed by atoms with Crippen LogP contribution in [0.1, 0.15) is 12.8 Å². The summed E-state index contributed by atoms with van der Waals surface area (Å²) in [5.74, 6) is -1.74. The van der Waals surface area contributed by atoms with Crippen LogP contribution < -0.4 is 15.4 Å². The van der Waals surface area contributed by atoms with Gasteiger partial charge in [0.1, 0.15) is 5.82 Å². The SMILES string of the molecule is CN1C(=O)C(Oc2ccc(F)cc2F)=CC2=CNC(NC3CCOCC3)=NC21. The molecule has 3 heterocycles. The van der Waals surface area contributed by atoms with Crippen molar-refractivity contribution in [2.45, 2.75) is 25.0 Å². The molecule has 28 heavy (non-hydrogen) atoms. The van der Waals surface area contributed by atoms with Crippen LogP contribution >= 0.6 is 0 Å². The van der Waals surface area contributed by atoms with Gasteiger partial charge in [0.2, 0.25) is 0 Å². The van der Waals surface area contributed by atoms with E-state index >= 15 is 0 Å². The lowest BCUT2D eigenvalue weighted by molar-refractivity contribution is -0.130. The van der Waals surface area contributed by atoms with Crippen LogP contribution in [-0.4, -0.2) is 49.2 Å². The molecule has 1 unspecified atom stereocenters. The summed E-state index contributed by atoms with van der Waals surface area (Å²) in [5, 5.41) is 6.41. The second kappa shape index (κ2) is 7.59. The molecule has 3 aliphatic heterocycles. The summed E-state index contributed by atoms with van der Waals surface area (Å²) in [7, 11) is 1.60. The Balaban J connectivity index is 1.51. The predicted octanol–water partition coefficient (Wildman–Crippen LogP) is 1.64. The summed E-state index contributed by atoms with van der Waals surface area (Å²) >= 11 is 0. The minimum Gasteiger partial charge on any atom is -0.448 e. The number of amides is 1. The average molecular weight is 390 g/mol. The molecular weight excluding hydrogens is 370 g/mol. The summed E-state index contributed by atoms with van der Waals surface area (Å²) in [6.45, 7) is 1.41. The van der Waals surface area contributed by atoms with Gasteiger partial charge < -0.3 is 25.0 Å². The fraction of sp³-hybridized carbons (Fsp3) is 0.368. The van der Waals surface area contributed by atoms with E-state index in [1.807, 2.05) is 0 Å². The molecule has 9 heteroatoms. The number of benzene rings is 1. The van der Waals surface area contributed by atoms with Crippen molar-refractivity contribution in [3.8, 4) is 5.75 Å². The Morgan fingerprint density at radius 3 is 2.86 bits per heavy atom. The van der Waals surface area contributed by atoms with Crippen molar-refractivity contribution < 1.29 is 23.0 Å². The first-order valence-electron chi connectivity index (χ1n) is 9.02. The molecule has 0 bridgehead atoms. The first-order valence-corrected chi connectivity index (χ1v) is 9.02. The zero-order valence-electron chi connectivity index (χ0n) is 15.2. The molecule has 1 fully saturated rings. The first kappa shape index (κ1) is 18.4. The fourth-order valence-electron chi connectivity index (χ4n) is 3.25. The van der Waals surface area contributed by atoms with E-state index < -0.39 is 23.7 Å². The lowest BCUT2D eigenvalue weighted by atomic mass is 10.1. The molecule has 1 amide bonds. The number of likely N-dealkylation sites (N-methyl/N-ethyl adjacent to an activating group) is 1. The second-order valence-electron chi connectivity index (χ2n) is 6.77. The van der Waals surface area contributed by atoms with Gasteiger partial charge in [-0.1, -0.05) is 0 Å². The second-order valence-corrected chi connectivity index (χ2v) is 6.77. The Kier molecular flexibility index (Phi) is 4.99. The minimum atomic E-state index is -0.879. The van der Waals surface area contributed by atoms with Crippen LogP contribution in [0.15, 0.2) is 46.8 Å². The van der Waals surface area contributed by atoms with Gasteiger partial charge in [0.15, 0.2) is 29.5 Å². The minimum absolute atomic E-state index is 0.0617. The lowest BCUT2D eigenvalue weighted by Crippen LogP contribution is -2.50. The molecule has 0 radical (unpaired) electrons. The molecule has 1 aromatic rings. The number of hydrogen-bond acceptors (Lipinski definition) is 6. The van der Waals surface area contributed by atoms with E-state index in [-0.39, 0.29) is 17.6 Å². The summed E-state index contributed by atoms with van der Waals surface area (Å²) in [4.78, 5) is 18.6. The Labute approximate surface area is 160 Å². The van der Waals surface area contributed by atoms with Gasteiger partial charge >= 0.3 is 0 Å². The van der Waals surface area contributed by atoms with E-state index in [1.165, 1.54) is 11.0 Å². The van der Waals surface area contributed by atoms with Crippen molar-refractivity contribution in [1.82, 2.24) is 15.5 Å². The molecule has 3 aliphatic rings. The lowest BCUT2D eigenvalue weighted by Gasteiger charge is -2.34. The van der Waals surface area contributed by atoms with E-state index in [1.54, 1.807) is 13.2 Å². The van der Waals surface area contributed by atoms with Gasteiger partial charge in [-0.2, -0.15) is 0 Å². The standard InChI is InChI=1S/C19H20F2N4O3/c1-25-17-11(10-22-19(24-17)23-13-4-6-27-7-5-13)8-16(18(25)26)28-15-3-2-12(20)9-14(15)21/h2-3,8-10,13,17H,4-7H2,1H3,(H2,22,23,24). The van der Waals surface area contributed by atoms with Crippen LogP contribution in [0.2, 0.25) is 0 Å². The van der Waals surface area contributed by atoms with Crippen LogP contribution in [0.25, 0.3) is 0 Å². The molecule has 0 aliphatic carbocycles. The number of nitrogens with one attached hydrogen (secondary N) is 2. The summed E-state index contributed by atoms with van der Waals surface area (Å²) in [6, 6.07) is 3.18. The highest BCUT2D eigenvalue weighted by atomic mass is 19.1. The normalized spacial score (nSPS) is 22.5. The maximum atomic E-state index is 13.9. The van der Waals surface area contributed by atoms with Crippen molar-refractivity contribution in [3.63, 3.8) is 0 Å². The van der Waals surface area contributed by atoms with E-state index in [2.05, 4.69) is 15.6 Å². The number of aliphatic imine (C=N–C) groups is 1. The number of carbonyl (C=O) groups is 1.